The number of aliphatic hydroxyl groups is 1. The zero-order valence-corrected chi connectivity index (χ0v) is 15.5. The molecule has 6 nitrogen and oxygen atoms in total. The molecule has 0 bridgehead atoms. The molecule has 0 aliphatic rings. The average molecular weight is 332 g/mol. The number of methoxy groups -OCH3 is 1. The van der Waals surface area contributed by atoms with Gasteiger partial charge in [-0.25, -0.2) is 4.79 Å². The van der Waals surface area contributed by atoms with Gasteiger partial charge in [-0.05, 0) is 58.9 Å². The Labute approximate surface area is 141 Å². The SMILES string of the molecule is COCC(CCCNC(=O)OC(C)(C)C)NCCCC(C)CO. The molecule has 138 valence electrons. The molecular formula is C17H36N2O4. The fourth-order valence-electron chi connectivity index (χ4n) is 2.15. The van der Waals surface area contributed by atoms with Crippen molar-refractivity contribution in [2.75, 3.05) is 33.4 Å². The molecule has 23 heavy (non-hydrogen) atoms. The lowest BCUT2D eigenvalue weighted by Gasteiger charge is -2.21. The van der Waals surface area contributed by atoms with Crippen molar-refractivity contribution in [3.05, 3.63) is 0 Å². The molecule has 0 rings (SSSR count). The van der Waals surface area contributed by atoms with Crippen molar-refractivity contribution in [3.63, 3.8) is 0 Å². The number of amides is 1. The van der Waals surface area contributed by atoms with Crippen LogP contribution in [0.5, 0.6) is 0 Å². The van der Waals surface area contributed by atoms with Crippen LogP contribution in [-0.4, -0.2) is 56.3 Å². The second-order valence-corrected chi connectivity index (χ2v) is 7.11. The Kier molecular flexibility index (Phi) is 12.1. The first kappa shape index (κ1) is 22.1. The molecule has 0 aromatic rings. The van der Waals surface area contributed by atoms with Crippen LogP contribution >= 0.6 is 0 Å². The van der Waals surface area contributed by atoms with E-state index in [9.17, 15) is 4.79 Å². The largest absolute Gasteiger partial charge is 0.444 e. The van der Waals surface area contributed by atoms with E-state index in [0.29, 0.717) is 19.1 Å². The van der Waals surface area contributed by atoms with Crippen molar-refractivity contribution >= 4 is 6.09 Å². The Morgan fingerprint density at radius 1 is 1.17 bits per heavy atom. The van der Waals surface area contributed by atoms with Gasteiger partial charge in [0, 0.05) is 26.3 Å². The van der Waals surface area contributed by atoms with Gasteiger partial charge in [0.25, 0.3) is 0 Å². The van der Waals surface area contributed by atoms with E-state index >= 15 is 0 Å². The van der Waals surface area contributed by atoms with Crippen LogP contribution in [0.4, 0.5) is 4.79 Å². The summed E-state index contributed by atoms with van der Waals surface area (Å²) < 4.78 is 10.4. The standard InChI is InChI=1S/C17H36N2O4/c1-14(12-20)8-6-10-18-15(13-22-5)9-7-11-19-16(21)23-17(2,3)4/h14-15,18,20H,6-13H2,1-5H3,(H,19,21). The van der Waals surface area contributed by atoms with E-state index in [1.165, 1.54) is 0 Å². The fraction of sp³-hybridized carbons (Fsp3) is 0.941. The molecule has 6 heteroatoms. The Morgan fingerprint density at radius 2 is 1.83 bits per heavy atom. The van der Waals surface area contributed by atoms with Gasteiger partial charge in [-0.2, -0.15) is 0 Å². The summed E-state index contributed by atoms with van der Waals surface area (Å²) in [6, 6.07) is 0.282. The third kappa shape index (κ3) is 14.5. The Balaban J connectivity index is 3.81. The highest BCUT2D eigenvalue weighted by atomic mass is 16.6. The lowest BCUT2D eigenvalue weighted by molar-refractivity contribution is 0.0526. The Hall–Kier alpha value is -0.850. The van der Waals surface area contributed by atoms with E-state index in [1.54, 1.807) is 7.11 Å². The molecule has 0 aliphatic heterocycles. The normalized spacial score (nSPS) is 14.3. The number of rotatable bonds is 12. The molecule has 0 spiro atoms. The van der Waals surface area contributed by atoms with Crippen LogP contribution in [-0.2, 0) is 9.47 Å². The lowest BCUT2D eigenvalue weighted by atomic mass is 10.1. The molecule has 2 unspecified atom stereocenters. The third-order valence-electron chi connectivity index (χ3n) is 3.38. The van der Waals surface area contributed by atoms with E-state index in [0.717, 1.165) is 32.2 Å². The highest BCUT2D eigenvalue weighted by molar-refractivity contribution is 5.67. The first-order valence-electron chi connectivity index (χ1n) is 8.58. The summed E-state index contributed by atoms with van der Waals surface area (Å²) in [5, 5.41) is 15.2. The second-order valence-electron chi connectivity index (χ2n) is 7.11. The molecule has 0 aromatic carbocycles. The van der Waals surface area contributed by atoms with Gasteiger partial charge in [0.05, 0.1) is 6.61 Å². The number of carbonyl (C=O) groups excluding carboxylic acids is 1. The molecule has 0 radical (unpaired) electrons. The van der Waals surface area contributed by atoms with Gasteiger partial charge in [0.1, 0.15) is 5.60 Å². The Bertz CT molecular complexity index is 305. The van der Waals surface area contributed by atoms with Crippen LogP contribution in [0.3, 0.4) is 0 Å². The molecule has 0 fully saturated rings. The van der Waals surface area contributed by atoms with Crippen LogP contribution in [0.1, 0.15) is 53.4 Å². The zero-order valence-electron chi connectivity index (χ0n) is 15.5. The number of aliphatic hydroxyl groups excluding tert-OH is 1. The fourth-order valence-corrected chi connectivity index (χ4v) is 2.15. The molecule has 0 saturated carbocycles. The van der Waals surface area contributed by atoms with Crippen molar-refractivity contribution in [1.82, 2.24) is 10.6 Å². The highest BCUT2D eigenvalue weighted by Gasteiger charge is 2.15. The van der Waals surface area contributed by atoms with Crippen LogP contribution in [0.25, 0.3) is 0 Å². The summed E-state index contributed by atoms with van der Waals surface area (Å²) in [7, 11) is 1.70. The number of ether oxygens (including phenoxy) is 2. The van der Waals surface area contributed by atoms with E-state index in [-0.39, 0.29) is 18.7 Å². The molecule has 2 atom stereocenters. The van der Waals surface area contributed by atoms with Gasteiger partial charge < -0.3 is 25.2 Å². The monoisotopic (exact) mass is 332 g/mol. The van der Waals surface area contributed by atoms with Gasteiger partial charge in [-0.3, -0.25) is 0 Å². The predicted octanol–water partition coefficient (Wildman–Crippen LogP) is 2.30. The topological polar surface area (TPSA) is 79.8 Å². The van der Waals surface area contributed by atoms with Crippen LogP contribution in [0.2, 0.25) is 0 Å². The minimum absolute atomic E-state index is 0.248. The zero-order chi connectivity index (χ0) is 17.7. The van der Waals surface area contributed by atoms with Crippen LogP contribution in [0.15, 0.2) is 0 Å². The number of hydrogen-bond donors (Lipinski definition) is 3. The maximum absolute atomic E-state index is 11.5. The Morgan fingerprint density at radius 3 is 2.39 bits per heavy atom. The summed E-state index contributed by atoms with van der Waals surface area (Å²) in [6.45, 7) is 10.0. The first-order chi connectivity index (χ1) is 10.8. The number of nitrogens with one attached hydrogen (secondary N) is 2. The molecule has 1 amide bonds. The first-order valence-corrected chi connectivity index (χ1v) is 8.58. The van der Waals surface area contributed by atoms with Gasteiger partial charge in [-0.1, -0.05) is 6.92 Å². The van der Waals surface area contributed by atoms with Crippen LogP contribution < -0.4 is 10.6 Å². The molecule has 0 aromatic heterocycles. The van der Waals surface area contributed by atoms with E-state index in [1.807, 2.05) is 20.8 Å². The van der Waals surface area contributed by atoms with Gasteiger partial charge in [0.2, 0.25) is 0 Å². The summed E-state index contributed by atoms with van der Waals surface area (Å²) in [5.41, 5.74) is -0.462. The van der Waals surface area contributed by atoms with E-state index in [4.69, 9.17) is 14.6 Å². The second kappa shape index (κ2) is 12.6. The van der Waals surface area contributed by atoms with Crippen molar-refractivity contribution in [2.24, 2.45) is 5.92 Å². The average Bonchev–Trinajstić information content (AvgIpc) is 2.45. The van der Waals surface area contributed by atoms with E-state index < -0.39 is 5.60 Å². The number of hydrogen-bond acceptors (Lipinski definition) is 5. The summed E-state index contributed by atoms with van der Waals surface area (Å²) in [6.07, 6.45) is 3.49. The molecular weight excluding hydrogens is 296 g/mol. The molecule has 0 heterocycles. The van der Waals surface area contributed by atoms with Gasteiger partial charge in [-0.15, -0.1) is 0 Å². The third-order valence-corrected chi connectivity index (χ3v) is 3.38. The van der Waals surface area contributed by atoms with Crippen molar-refractivity contribution in [1.29, 1.82) is 0 Å². The van der Waals surface area contributed by atoms with E-state index in [2.05, 4.69) is 17.6 Å². The van der Waals surface area contributed by atoms with Crippen molar-refractivity contribution in [3.8, 4) is 0 Å². The number of alkyl carbamates (subject to hydrolysis) is 1. The highest BCUT2D eigenvalue weighted by Crippen LogP contribution is 2.07. The quantitative estimate of drug-likeness (QED) is 0.478. The van der Waals surface area contributed by atoms with Gasteiger partial charge in [0.15, 0.2) is 0 Å². The van der Waals surface area contributed by atoms with Crippen LogP contribution in [0, 0.1) is 5.92 Å². The minimum atomic E-state index is -0.462. The lowest BCUT2D eigenvalue weighted by Crippen LogP contribution is -2.36. The summed E-state index contributed by atoms with van der Waals surface area (Å²) in [4.78, 5) is 11.5. The molecule has 0 saturated heterocycles. The maximum atomic E-state index is 11.5. The number of carbonyl (C=O) groups is 1. The maximum Gasteiger partial charge on any atom is 0.407 e. The van der Waals surface area contributed by atoms with Crippen molar-refractivity contribution in [2.45, 2.75) is 65.0 Å². The minimum Gasteiger partial charge on any atom is -0.444 e. The smallest absolute Gasteiger partial charge is 0.407 e. The van der Waals surface area contributed by atoms with Gasteiger partial charge >= 0.3 is 6.09 Å². The summed E-state index contributed by atoms with van der Waals surface area (Å²) in [5.74, 6) is 0.357. The predicted molar refractivity (Wildman–Crippen MR) is 92.6 cm³/mol. The summed E-state index contributed by atoms with van der Waals surface area (Å²) >= 11 is 0. The van der Waals surface area contributed by atoms with Crippen molar-refractivity contribution < 1.29 is 19.4 Å². The molecule has 0 aliphatic carbocycles. The molecule has 3 N–H and O–H groups in total.